The Morgan fingerprint density at radius 2 is 1.96 bits per heavy atom. The molecule has 1 aliphatic rings. The number of non-ortho nitro benzene ring substituents is 1. The van der Waals surface area contributed by atoms with Gasteiger partial charge in [-0.1, -0.05) is 37.1 Å². The fourth-order valence-corrected chi connectivity index (χ4v) is 3.36. The first kappa shape index (κ1) is 19.1. The minimum Gasteiger partial charge on any atom is -0.290 e. The summed E-state index contributed by atoms with van der Waals surface area (Å²) in [7, 11) is 0. The molecular formula is C20H22ClNO3. The summed E-state index contributed by atoms with van der Waals surface area (Å²) in [5.41, 5.74) is 3.01. The number of allylic oxidation sites excluding steroid dienone is 5. The van der Waals surface area contributed by atoms with E-state index in [0.717, 1.165) is 12.8 Å². The highest BCUT2D eigenvalue weighted by molar-refractivity contribution is 6.32. The third-order valence-electron chi connectivity index (χ3n) is 4.57. The van der Waals surface area contributed by atoms with Crippen LogP contribution in [0.15, 0.2) is 47.6 Å². The highest BCUT2D eigenvalue weighted by Crippen LogP contribution is 2.40. The fourth-order valence-electron chi connectivity index (χ4n) is 3.18. The molecule has 0 amide bonds. The monoisotopic (exact) mass is 359 g/mol. The molecule has 1 aliphatic carbocycles. The van der Waals surface area contributed by atoms with Gasteiger partial charge in [0.25, 0.3) is 5.69 Å². The van der Waals surface area contributed by atoms with E-state index < -0.39 is 4.92 Å². The summed E-state index contributed by atoms with van der Waals surface area (Å²) in [5.74, 6) is -0.177. The first-order valence-corrected chi connectivity index (χ1v) is 8.63. The maximum absolute atomic E-state index is 12.1. The Morgan fingerprint density at radius 1 is 1.28 bits per heavy atom. The molecule has 0 saturated heterocycles. The molecule has 25 heavy (non-hydrogen) atoms. The molecule has 0 spiro atoms. The van der Waals surface area contributed by atoms with Gasteiger partial charge in [-0.05, 0) is 67.0 Å². The lowest BCUT2D eigenvalue weighted by Gasteiger charge is -2.32. The van der Waals surface area contributed by atoms with Gasteiger partial charge in [0.15, 0.2) is 5.78 Å². The van der Waals surface area contributed by atoms with Crippen molar-refractivity contribution in [1.29, 1.82) is 0 Å². The molecule has 2 rings (SSSR count). The molecule has 0 atom stereocenters. The van der Waals surface area contributed by atoms with Crippen LogP contribution in [0.25, 0.3) is 6.08 Å². The predicted molar refractivity (Wildman–Crippen MR) is 102 cm³/mol. The van der Waals surface area contributed by atoms with Crippen molar-refractivity contribution in [3.05, 3.63) is 68.3 Å². The molecular weight excluding hydrogens is 338 g/mol. The van der Waals surface area contributed by atoms with E-state index in [4.69, 9.17) is 11.6 Å². The maximum Gasteiger partial charge on any atom is 0.270 e. The molecule has 5 heteroatoms. The molecule has 0 aliphatic heterocycles. The van der Waals surface area contributed by atoms with Crippen LogP contribution in [0.3, 0.4) is 0 Å². The molecule has 0 unspecified atom stereocenters. The fraction of sp³-hybridized carbons (Fsp3) is 0.350. The zero-order valence-corrected chi connectivity index (χ0v) is 15.5. The van der Waals surface area contributed by atoms with Crippen LogP contribution in [0.5, 0.6) is 0 Å². The van der Waals surface area contributed by atoms with Gasteiger partial charge in [-0.3, -0.25) is 14.9 Å². The smallest absolute Gasteiger partial charge is 0.270 e. The topological polar surface area (TPSA) is 60.2 Å². The Kier molecular flexibility index (Phi) is 5.96. The van der Waals surface area contributed by atoms with Gasteiger partial charge in [0, 0.05) is 17.2 Å². The van der Waals surface area contributed by atoms with E-state index in [-0.39, 0.29) is 16.9 Å². The Labute approximate surface area is 153 Å². The average Bonchev–Trinajstić information content (AvgIpc) is 2.52. The molecule has 0 radical (unpaired) electrons. The van der Waals surface area contributed by atoms with Gasteiger partial charge in [0.05, 0.1) is 4.92 Å². The highest BCUT2D eigenvalue weighted by Gasteiger charge is 2.26. The number of halogens is 1. The second kappa shape index (κ2) is 7.79. The van der Waals surface area contributed by atoms with Crippen molar-refractivity contribution in [1.82, 2.24) is 0 Å². The first-order valence-electron chi connectivity index (χ1n) is 8.25. The van der Waals surface area contributed by atoms with Crippen molar-refractivity contribution >= 4 is 29.1 Å². The van der Waals surface area contributed by atoms with E-state index in [1.165, 1.54) is 47.9 Å². The lowest BCUT2D eigenvalue weighted by molar-refractivity contribution is -0.384. The zero-order chi connectivity index (χ0) is 18.6. The second-order valence-electron chi connectivity index (χ2n) is 6.96. The van der Waals surface area contributed by atoms with Crippen LogP contribution >= 0.6 is 11.6 Å². The van der Waals surface area contributed by atoms with Gasteiger partial charge >= 0.3 is 0 Å². The lowest BCUT2D eigenvalue weighted by Crippen LogP contribution is -2.19. The minimum absolute atomic E-state index is 0.0585. The molecule has 0 fully saturated rings. The standard InChI is InChI=1S/C20H22ClNO3/c1-14-5-4-12-20(2,3)18(14)10-9-17(23)8-6-15-13-16(22(24)25)7-11-19(15)21/h6-11,13H,4-5,12H2,1-3H3/b8-6+,10-9+. The van der Waals surface area contributed by atoms with E-state index in [9.17, 15) is 14.9 Å². The molecule has 132 valence electrons. The highest BCUT2D eigenvalue weighted by atomic mass is 35.5. The number of nitrogens with zero attached hydrogens (tertiary/aromatic N) is 1. The minimum atomic E-state index is -0.490. The molecule has 1 aromatic rings. The SMILES string of the molecule is CC1=C(/C=C/C(=O)/C=C/c2cc([N+](=O)[O-])ccc2Cl)C(C)(C)CCC1. The summed E-state index contributed by atoms with van der Waals surface area (Å²) in [6, 6.07) is 4.15. The van der Waals surface area contributed by atoms with E-state index in [0.29, 0.717) is 10.6 Å². The van der Waals surface area contributed by atoms with Crippen LogP contribution in [0, 0.1) is 15.5 Å². The van der Waals surface area contributed by atoms with Crippen molar-refractivity contribution in [3.8, 4) is 0 Å². The van der Waals surface area contributed by atoms with Gasteiger partial charge in [-0.25, -0.2) is 0 Å². The number of hydrogen-bond acceptors (Lipinski definition) is 3. The van der Waals surface area contributed by atoms with E-state index >= 15 is 0 Å². The maximum atomic E-state index is 12.1. The number of benzene rings is 1. The number of carbonyl (C=O) groups is 1. The summed E-state index contributed by atoms with van der Waals surface area (Å²) < 4.78 is 0. The summed E-state index contributed by atoms with van der Waals surface area (Å²) >= 11 is 6.03. The molecule has 0 heterocycles. The number of carbonyl (C=O) groups excluding carboxylic acids is 1. The Balaban J connectivity index is 2.16. The van der Waals surface area contributed by atoms with Crippen molar-refractivity contribution in [2.45, 2.75) is 40.0 Å². The normalized spacial score (nSPS) is 17.4. The average molecular weight is 360 g/mol. The van der Waals surface area contributed by atoms with Crippen LogP contribution in [0.1, 0.15) is 45.6 Å². The van der Waals surface area contributed by atoms with Gasteiger partial charge in [0.1, 0.15) is 0 Å². The number of nitro groups is 1. The van der Waals surface area contributed by atoms with E-state index in [2.05, 4.69) is 20.8 Å². The van der Waals surface area contributed by atoms with Crippen molar-refractivity contribution in [3.63, 3.8) is 0 Å². The summed E-state index contributed by atoms with van der Waals surface area (Å²) in [5, 5.41) is 11.2. The molecule has 0 aromatic heterocycles. The molecule has 1 aromatic carbocycles. The first-order chi connectivity index (χ1) is 11.7. The van der Waals surface area contributed by atoms with Crippen molar-refractivity contribution in [2.24, 2.45) is 5.41 Å². The van der Waals surface area contributed by atoms with Gasteiger partial charge in [0.2, 0.25) is 0 Å². The van der Waals surface area contributed by atoms with Crippen LogP contribution in [-0.2, 0) is 4.79 Å². The predicted octanol–water partition coefficient (Wildman–Crippen LogP) is 5.91. The Bertz CT molecular complexity index is 788. The van der Waals surface area contributed by atoms with Gasteiger partial charge in [-0.15, -0.1) is 0 Å². The quantitative estimate of drug-likeness (QED) is 0.373. The molecule has 4 nitrogen and oxygen atoms in total. The zero-order valence-electron chi connectivity index (χ0n) is 14.7. The molecule has 0 saturated carbocycles. The molecule has 0 N–H and O–H groups in total. The third kappa shape index (κ3) is 4.89. The number of ketones is 1. The number of rotatable bonds is 5. The Hall–Kier alpha value is -2.20. The molecule has 0 bridgehead atoms. The van der Waals surface area contributed by atoms with Crippen molar-refractivity contribution < 1.29 is 9.72 Å². The lowest BCUT2D eigenvalue weighted by atomic mass is 9.72. The number of nitro benzene ring substituents is 1. The summed E-state index contributed by atoms with van der Waals surface area (Å²) in [4.78, 5) is 22.5. The van der Waals surface area contributed by atoms with Crippen LogP contribution < -0.4 is 0 Å². The van der Waals surface area contributed by atoms with Gasteiger partial charge < -0.3 is 0 Å². The summed E-state index contributed by atoms with van der Waals surface area (Å²) in [6.07, 6.45) is 9.69. The number of hydrogen-bond donors (Lipinski definition) is 0. The van der Waals surface area contributed by atoms with Crippen molar-refractivity contribution in [2.75, 3.05) is 0 Å². The summed E-state index contributed by atoms with van der Waals surface area (Å²) in [6.45, 7) is 6.50. The van der Waals surface area contributed by atoms with E-state index in [1.54, 1.807) is 6.08 Å². The van der Waals surface area contributed by atoms with Crippen LogP contribution in [-0.4, -0.2) is 10.7 Å². The van der Waals surface area contributed by atoms with Crippen LogP contribution in [0.4, 0.5) is 5.69 Å². The second-order valence-corrected chi connectivity index (χ2v) is 7.37. The Morgan fingerprint density at radius 3 is 2.60 bits per heavy atom. The third-order valence-corrected chi connectivity index (χ3v) is 4.92. The largest absolute Gasteiger partial charge is 0.290 e. The van der Waals surface area contributed by atoms with Crippen LogP contribution in [0.2, 0.25) is 5.02 Å². The van der Waals surface area contributed by atoms with E-state index in [1.807, 2.05) is 6.08 Å². The van der Waals surface area contributed by atoms with Gasteiger partial charge in [-0.2, -0.15) is 0 Å².